The standard InChI is InChI=1S/C31H50/c1-3-5-6-7-9-27-12-16-29(17-13-27)19-21-31-24-22-30(23-25-31)20-18-28-14-10-26(8-4-2)11-15-28/h12-13,16-17,24,26,28,30H,3-11,14-15,18-23,25H2,1-2H3/t26-,28-,30?. The summed E-state index contributed by atoms with van der Waals surface area (Å²) in [4.78, 5) is 0. The van der Waals surface area contributed by atoms with E-state index in [0.29, 0.717) is 0 Å². The lowest BCUT2D eigenvalue weighted by atomic mass is 9.76. The largest absolute Gasteiger partial charge is 0.0850 e. The number of rotatable bonds is 13. The van der Waals surface area contributed by atoms with Crippen molar-refractivity contribution in [3.63, 3.8) is 0 Å². The summed E-state index contributed by atoms with van der Waals surface area (Å²) < 4.78 is 0. The number of allylic oxidation sites excluding steroid dienone is 2. The zero-order chi connectivity index (χ0) is 21.7. The molecule has 0 spiro atoms. The van der Waals surface area contributed by atoms with Crippen LogP contribution in [0.3, 0.4) is 0 Å². The highest BCUT2D eigenvalue weighted by Crippen LogP contribution is 2.36. The van der Waals surface area contributed by atoms with Crippen LogP contribution in [0.4, 0.5) is 0 Å². The van der Waals surface area contributed by atoms with Gasteiger partial charge in [-0.25, -0.2) is 0 Å². The molecule has 0 N–H and O–H groups in total. The molecular weight excluding hydrogens is 372 g/mol. The second-order valence-electron chi connectivity index (χ2n) is 10.9. The van der Waals surface area contributed by atoms with Gasteiger partial charge in [0.25, 0.3) is 0 Å². The van der Waals surface area contributed by atoms with E-state index in [1.54, 1.807) is 5.57 Å². The van der Waals surface area contributed by atoms with Crippen molar-refractivity contribution >= 4 is 0 Å². The first-order valence-electron chi connectivity index (χ1n) is 14.0. The maximum Gasteiger partial charge on any atom is -0.0241 e. The van der Waals surface area contributed by atoms with Gasteiger partial charge in [0.15, 0.2) is 0 Å². The molecule has 1 atom stereocenters. The van der Waals surface area contributed by atoms with Crippen LogP contribution >= 0.6 is 0 Å². The minimum atomic E-state index is 0.976. The van der Waals surface area contributed by atoms with Crippen molar-refractivity contribution < 1.29 is 0 Å². The Balaban J connectivity index is 1.29. The lowest BCUT2D eigenvalue weighted by Crippen LogP contribution is -2.16. The minimum Gasteiger partial charge on any atom is -0.0850 e. The number of hydrogen-bond donors (Lipinski definition) is 0. The minimum absolute atomic E-state index is 0.976. The van der Waals surface area contributed by atoms with Crippen LogP contribution < -0.4 is 0 Å². The van der Waals surface area contributed by atoms with Gasteiger partial charge in [-0.2, -0.15) is 0 Å². The SMILES string of the molecule is CCCCCCc1ccc(CCC2=CCC(CC[C@H]3CC[C@H](CCC)CC3)CC2)cc1. The van der Waals surface area contributed by atoms with E-state index in [1.807, 2.05) is 0 Å². The fourth-order valence-electron chi connectivity index (χ4n) is 6.05. The molecule has 1 aromatic carbocycles. The lowest BCUT2D eigenvalue weighted by molar-refractivity contribution is 0.236. The van der Waals surface area contributed by atoms with E-state index in [0.717, 1.165) is 17.8 Å². The van der Waals surface area contributed by atoms with Gasteiger partial charge in [0.05, 0.1) is 0 Å². The Morgan fingerprint density at radius 2 is 1.26 bits per heavy atom. The Bertz CT molecular complexity index is 614. The molecule has 0 bridgehead atoms. The monoisotopic (exact) mass is 422 g/mol. The number of benzene rings is 1. The summed E-state index contributed by atoms with van der Waals surface area (Å²) in [5.41, 5.74) is 4.79. The van der Waals surface area contributed by atoms with Gasteiger partial charge in [-0.3, -0.25) is 0 Å². The van der Waals surface area contributed by atoms with Crippen LogP contribution in [0.25, 0.3) is 0 Å². The first kappa shape index (κ1) is 24.6. The molecule has 0 heteroatoms. The summed E-state index contributed by atoms with van der Waals surface area (Å²) in [6.07, 6.45) is 28.0. The quantitative estimate of drug-likeness (QED) is 0.219. The van der Waals surface area contributed by atoms with E-state index in [1.165, 1.54) is 127 Å². The van der Waals surface area contributed by atoms with Gasteiger partial charge in [-0.1, -0.05) is 114 Å². The Hall–Kier alpha value is -1.04. The molecule has 0 heterocycles. The van der Waals surface area contributed by atoms with E-state index in [4.69, 9.17) is 0 Å². The molecule has 0 saturated heterocycles. The number of aryl methyl sites for hydroxylation is 2. The first-order valence-corrected chi connectivity index (χ1v) is 14.0. The summed E-state index contributed by atoms with van der Waals surface area (Å²) in [5, 5.41) is 0. The summed E-state index contributed by atoms with van der Waals surface area (Å²) in [6, 6.07) is 9.53. The molecule has 1 aromatic rings. The Morgan fingerprint density at radius 1 is 0.613 bits per heavy atom. The summed E-state index contributed by atoms with van der Waals surface area (Å²) in [6.45, 7) is 4.64. The summed E-state index contributed by atoms with van der Waals surface area (Å²) >= 11 is 0. The van der Waals surface area contributed by atoms with E-state index in [-0.39, 0.29) is 0 Å². The zero-order valence-corrected chi connectivity index (χ0v) is 20.8. The normalized spacial score (nSPS) is 24.2. The molecule has 2 aliphatic rings. The van der Waals surface area contributed by atoms with Gasteiger partial charge < -0.3 is 0 Å². The third-order valence-corrected chi connectivity index (χ3v) is 8.34. The fourth-order valence-corrected chi connectivity index (χ4v) is 6.05. The smallest absolute Gasteiger partial charge is 0.0241 e. The third kappa shape index (κ3) is 9.15. The van der Waals surface area contributed by atoms with Crippen LogP contribution in [-0.2, 0) is 12.8 Å². The summed E-state index contributed by atoms with van der Waals surface area (Å²) in [5.74, 6) is 3.08. The maximum absolute atomic E-state index is 2.62. The molecule has 174 valence electrons. The van der Waals surface area contributed by atoms with Crippen molar-refractivity contribution in [2.45, 2.75) is 129 Å². The average molecular weight is 423 g/mol. The van der Waals surface area contributed by atoms with Crippen LogP contribution in [0, 0.1) is 17.8 Å². The lowest BCUT2D eigenvalue weighted by Gasteiger charge is -2.30. The van der Waals surface area contributed by atoms with Crippen LogP contribution in [0.1, 0.15) is 128 Å². The van der Waals surface area contributed by atoms with E-state index in [9.17, 15) is 0 Å². The average Bonchev–Trinajstić information content (AvgIpc) is 2.82. The van der Waals surface area contributed by atoms with E-state index >= 15 is 0 Å². The van der Waals surface area contributed by atoms with E-state index < -0.39 is 0 Å². The zero-order valence-electron chi connectivity index (χ0n) is 20.8. The molecule has 0 radical (unpaired) electrons. The second kappa shape index (κ2) is 14.2. The van der Waals surface area contributed by atoms with Gasteiger partial charge in [0.2, 0.25) is 0 Å². The fraction of sp³-hybridized carbons (Fsp3) is 0.742. The van der Waals surface area contributed by atoms with Crippen molar-refractivity contribution in [3.8, 4) is 0 Å². The molecule has 1 saturated carbocycles. The Morgan fingerprint density at radius 3 is 1.87 bits per heavy atom. The van der Waals surface area contributed by atoms with Crippen molar-refractivity contribution in [2.75, 3.05) is 0 Å². The predicted molar refractivity (Wildman–Crippen MR) is 138 cm³/mol. The highest BCUT2D eigenvalue weighted by atomic mass is 14.3. The third-order valence-electron chi connectivity index (χ3n) is 8.34. The van der Waals surface area contributed by atoms with Gasteiger partial charge in [-0.05, 0) is 80.2 Å². The molecule has 1 unspecified atom stereocenters. The molecule has 0 nitrogen and oxygen atoms in total. The van der Waals surface area contributed by atoms with Gasteiger partial charge >= 0.3 is 0 Å². The molecule has 1 fully saturated rings. The second-order valence-corrected chi connectivity index (χ2v) is 10.9. The van der Waals surface area contributed by atoms with Crippen LogP contribution in [0.15, 0.2) is 35.9 Å². The van der Waals surface area contributed by atoms with E-state index in [2.05, 4.69) is 44.2 Å². The van der Waals surface area contributed by atoms with Crippen molar-refractivity contribution in [1.82, 2.24) is 0 Å². The van der Waals surface area contributed by atoms with Gasteiger partial charge in [0.1, 0.15) is 0 Å². The first-order chi connectivity index (χ1) is 15.3. The molecule has 0 aliphatic heterocycles. The van der Waals surface area contributed by atoms with Gasteiger partial charge in [-0.15, -0.1) is 0 Å². The highest BCUT2D eigenvalue weighted by molar-refractivity contribution is 5.23. The highest BCUT2D eigenvalue weighted by Gasteiger charge is 2.22. The molecule has 0 aromatic heterocycles. The molecule has 31 heavy (non-hydrogen) atoms. The van der Waals surface area contributed by atoms with Crippen LogP contribution in [0.5, 0.6) is 0 Å². The van der Waals surface area contributed by atoms with Crippen molar-refractivity contribution in [1.29, 1.82) is 0 Å². The molecule has 3 rings (SSSR count). The van der Waals surface area contributed by atoms with Crippen molar-refractivity contribution in [3.05, 3.63) is 47.0 Å². The van der Waals surface area contributed by atoms with Crippen LogP contribution in [-0.4, -0.2) is 0 Å². The molecule has 2 aliphatic carbocycles. The summed E-state index contributed by atoms with van der Waals surface area (Å²) in [7, 11) is 0. The van der Waals surface area contributed by atoms with Crippen molar-refractivity contribution in [2.24, 2.45) is 17.8 Å². The molecular formula is C31H50. The number of hydrogen-bond acceptors (Lipinski definition) is 0. The topological polar surface area (TPSA) is 0 Å². The van der Waals surface area contributed by atoms with Gasteiger partial charge in [0, 0.05) is 0 Å². The predicted octanol–water partition coefficient (Wildman–Crippen LogP) is 9.86. The Labute approximate surface area is 194 Å². The van der Waals surface area contributed by atoms with Crippen LogP contribution in [0.2, 0.25) is 0 Å². The molecule has 0 amide bonds. The maximum atomic E-state index is 2.62. The Kier molecular flexibility index (Phi) is 11.3. The number of unbranched alkanes of at least 4 members (excludes halogenated alkanes) is 3.